The Balaban J connectivity index is 1.32. The summed E-state index contributed by atoms with van der Waals surface area (Å²) in [5.41, 5.74) is 2.02. The van der Waals surface area contributed by atoms with Gasteiger partial charge in [-0.15, -0.1) is 0 Å². The number of hydrogen-bond donors (Lipinski definition) is 0. The number of carbonyl (C=O) groups is 1. The molecule has 2 heterocycles. The van der Waals surface area contributed by atoms with E-state index in [4.69, 9.17) is 0 Å². The summed E-state index contributed by atoms with van der Waals surface area (Å²) in [6.07, 6.45) is 2.26. The molecule has 0 spiro atoms. The zero-order valence-electron chi connectivity index (χ0n) is 14.9. The second-order valence-electron chi connectivity index (χ2n) is 7.17. The molecule has 1 aliphatic carbocycles. The van der Waals surface area contributed by atoms with Gasteiger partial charge in [-0.2, -0.15) is 5.10 Å². The Morgan fingerprint density at radius 3 is 2.42 bits per heavy atom. The molecule has 0 bridgehead atoms. The minimum atomic E-state index is -0.203. The summed E-state index contributed by atoms with van der Waals surface area (Å²) in [6.45, 7) is 4.05. The van der Waals surface area contributed by atoms with Gasteiger partial charge < -0.3 is 4.90 Å². The van der Waals surface area contributed by atoms with Crippen LogP contribution in [0.2, 0.25) is 0 Å². The van der Waals surface area contributed by atoms with E-state index in [0.717, 1.165) is 38.2 Å². The van der Waals surface area contributed by atoms with Crippen LogP contribution in [0.3, 0.4) is 0 Å². The molecule has 6 nitrogen and oxygen atoms in total. The summed E-state index contributed by atoms with van der Waals surface area (Å²) < 4.78 is 1.33. The first kappa shape index (κ1) is 17.0. The number of carbonyl (C=O) groups excluding carboxylic acids is 1. The van der Waals surface area contributed by atoms with Crippen molar-refractivity contribution in [2.75, 3.05) is 26.2 Å². The first-order valence-electron chi connectivity index (χ1n) is 9.31. The topological polar surface area (TPSA) is 58.4 Å². The SMILES string of the molecule is O=C(Cn1nc(C2CC2)ccc1=O)N1CCN(Cc2ccccc2)CC1. The minimum Gasteiger partial charge on any atom is -0.339 e. The van der Waals surface area contributed by atoms with E-state index in [9.17, 15) is 9.59 Å². The number of piperazine rings is 1. The number of amides is 1. The molecular formula is C20H24N4O2. The van der Waals surface area contributed by atoms with Crippen LogP contribution in [0.4, 0.5) is 0 Å². The molecule has 1 aromatic carbocycles. The van der Waals surface area contributed by atoms with Crippen LogP contribution >= 0.6 is 0 Å². The van der Waals surface area contributed by atoms with E-state index in [-0.39, 0.29) is 18.0 Å². The van der Waals surface area contributed by atoms with Gasteiger partial charge in [-0.3, -0.25) is 14.5 Å². The zero-order valence-corrected chi connectivity index (χ0v) is 14.9. The van der Waals surface area contributed by atoms with Crippen LogP contribution in [0.25, 0.3) is 0 Å². The maximum atomic E-state index is 12.6. The Kier molecular flexibility index (Phi) is 4.84. The highest BCUT2D eigenvalue weighted by Crippen LogP contribution is 2.38. The molecule has 1 saturated heterocycles. The van der Waals surface area contributed by atoms with Crippen molar-refractivity contribution in [2.45, 2.75) is 31.8 Å². The predicted molar refractivity (Wildman–Crippen MR) is 98.8 cm³/mol. The smallest absolute Gasteiger partial charge is 0.267 e. The molecule has 6 heteroatoms. The maximum absolute atomic E-state index is 12.6. The number of nitrogens with zero attached hydrogens (tertiary/aromatic N) is 4. The molecule has 1 saturated carbocycles. The van der Waals surface area contributed by atoms with Crippen LogP contribution in [0, 0.1) is 0 Å². The molecule has 1 aromatic heterocycles. The summed E-state index contributed by atoms with van der Waals surface area (Å²) >= 11 is 0. The van der Waals surface area contributed by atoms with Crippen molar-refractivity contribution in [3.8, 4) is 0 Å². The van der Waals surface area contributed by atoms with Crippen molar-refractivity contribution >= 4 is 5.91 Å². The molecule has 0 radical (unpaired) electrons. The van der Waals surface area contributed by atoms with Gasteiger partial charge in [-0.25, -0.2) is 4.68 Å². The van der Waals surface area contributed by atoms with E-state index in [1.54, 1.807) is 6.07 Å². The quantitative estimate of drug-likeness (QED) is 0.818. The monoisotopic (exact) mass is 352 g/mol. The van der Waals surface area contributed by atoms with Crippen molar-refractivity contribution in [2.24, 2.45) is 0 Å². The lowest BCUT2D eigenvalue weighted by molar-refractivity contribution is -0.133. The van der Waals surface area contributed by atoms with Gasteiger partial charge in [0.15, 0.2) is 0 Å². The minimum absolute atomic E-state index is 0.0214. The molecule has 136 valence electrons. The number of hydrogen-bond acceptors (Lipinski definition) is 4. The summed E-state index contributed by atoms with van der Waals surface area (Å²) in [6, 6.07) is 13.7. The first-order valence-corrected chi connectivity index (χ1v) is 9.31. The highest BCUT2D eigenvalue weighted by atomic mass is 16.2. The van der Waals surface area contributed by atoms with Gasteiger partial charge >= 0.3 is 0 Å². The van der Waals surface area contributed by atoms with E-state index in [1.807, 2.05) is 11.0 Å². The second-order valence-corrected chi connectivity index (χ2v) is 7.17. The third-order valence-corrected chi connectivity index (χ3v) is 5.14. The fourth-order valence-electron chi connectivity index (χ4n) is 3.40. The highest BCUT2D eigenvalue weighted by molar-refractivity contribution is 5.76. The lowest BCUT2D eigenvalue weighted by Gasteiger charge is -2.34. The number of rotatable bonds is 5. The Morgan fingerprint density at radius 1 is 1.00 bits per heavy atom. The van der Waals surface area contributed by atoms with E-state index in [2.05, 4.69) is 34.3 Å². The average molecular weight is 352 g/mol. The van der Waals surface area contributed by atoms with Gasteiger partial charge in [0.2, 0.25) is 5.91 Å². The summed E-state index contributed by atoms with van der Waals surface area (Å²) in [7, 11) is 0. The Labute approximate surface area is 153 Å². The highest BCUT2D eigenvalue weighted by Gasteiger charge is 2.26. The number of benzene rings is 1. The molecule has 0 atom stereocenters. The van der Waals surface area contributed by atoms with Crippen LogP contribution in [-0.2, 0) is 17.9 Å². The van der Waals surface area contributed by atoms with Crippen molar-refractivity contribution in [3.63, 3.8) is 0 Å². The van der Waals surface area contributed by atoms with Crippen molar-refractivity contribution in [1.82, 2.24) is 19.6 Å². The molecule has 1 amide bonds. The van der Waals surface area contributed by atoms with Gasteiger partial charge in [-0.1, -0.05) is 30.3 Å². The molecule has 2 aromatic rings. The van der Waals surface area contributed by atoms with Gasteiger partial charge in [0.25, 0.3) is 5.56 Å². The molecule has 2 fully saturated rings. The third kappa shape index (κ3) is 4.02. The molecule has 1 aliphatic heterocycles. The molecule has 4 rings (SSSR count). The van der Waals surface area contributed by atoms with E-state index in [0.29, 0.717) is 19.0 Å². The summed E-state index contributed by atoms with van der Waals surface area (Å²) in [4.78, 5) is 28.8. The van der Waals surface area contributed by atoms with Gasteiger partial charge in [-0.05, 0) is 24.5 Å². The maximum Gasteiger partial charge on any atom is 0.267 e. The molecule has 0 unspecified atom stereocenters. The molecule has 26 heavy (non-hydrogen) atoms. The Hall–Kier alpha value is -2.47. The fourth-order valence-corrected chi connectivity index (χ4v) is 3.40. The normalized spacial score (nSPS) is 18.1. The molecule has 0 N–H and O–H groups in total. The lowest BCUT2D eigenvalue weighted by Crippen LogP contribution is -2.49. The zero-order chi connectivity index (χ0) is 17.9. The molecule has 2 aliphatic rings. The second kappa shape index (κ2) is 7.41. The van der Waals surface area contributed by atoms with E-state index >= 15 is 0 Å². The predicted octanol–water partition coefficient (Wildman–Crippen LogP) is 1.47. The van der Waals surface area contributed by atoms with E-state index < -0.39 is 0 Å². The Morgan fingerprint density at radius 2 is 1.73 bits per heavy atom. The third-order valence-electron chi connectivity index (χ3n) is 5.14. The van der Waals surface area contributed by atoms with Gasteiger partial charge in [0, 0.05) is 44.7 Å². The van der Waals surface area contributed by atoms with Crippen molar-refractivity contribution < 1.29 is 4.79 Å². The van der Waals surface area contributed by atoms with Gasteiger partial charge in [0.1, 0.15) is 6.54 Å². The van der Waals surface area contributed by atoms with E-state index in [1.165, 1.54) is 16.3 Å². The summed E-state index contributed by atoms with van der Waals surface area (Å²) in [5, 5.41) is 4.39. The molecular weight excluding hydrogens is 328 g/mol. The van der Waals surface area contributed by atoms with Crippen LogP contribution in [0.5, 0.6) is 0 Å². The fraction of sp³-hybridized carbons (Fsp3) is 0.450. The lowest BCUT2D eigenvalue weighted by atomic mass is 10.2. The Bertz CT molecular complexity index is 821. The number of aromatic nitrogens is 2. The van der Waals surface area contributed by atoms with Crippen LogP contribution in [0.1, 0.15) is 30.0 Å². The van der Waals surface area contributed by atoms with Crippen LogP contribution in [0.15, 0.2) is 47.3 Å². The first-order chi connectivity index (χ1) is 12.7. The van der Waals surface area contributed by atoms with Crippen LogP contribution in [-0.4, -0.2) is 51.7 Å². The summed E-state index contributed by atoms with van der Waals surface area (Å²) in [5.74, 6) is 0.449. The standard InChI is InChI=1S/C20H24N4O2/c25-19-9-8-18(17-6-7-17)21-24(19)15-20(26)23-12-10-22(11-13-23)14-16-4-2-1-3-5-16/h1-5,8-9,17H,6-7,10-15H2. The average Bonchev–Trinajstić information content (AvgIpc) is 3.50. The van der Waals surface area contributed by atoms with Gasteiger partial charge in [0.05, 0.1) is 5.69 Å². The van der Waals surface area contributed by atoms with Crippen molar-refractivity contribution in [1.29, 1.82) is 0 Å². The van der Waals surface area contributed by atoms with Crippen LogP contribution < -0.4 is 5.56 Å². The van der Waals surface area contributed by atoms with Crippen molar-refractivity contribution in [3.05, 3.63) is 64.1 Å². The largest absolute Gasteiger partial charge is 0.339 e.